The first-order chi connectivity index (χ1) is 14.0. The Balaban J connectivity index is 1.34. The van der Waals surface area contributed by atoms with Crippen LogP contribution in [-0.2, 0) is 0 Å². The second-order valence-electron chi connectivity index (χ2n) is 11.0. The highest BCUT2D eigenvalue weighted by atomic mass is 16.3. The number of aliphatic hydroxyl groups excluding tert-OH is 1. The molecule has 1 aromatic heterocycles. The second-order valence-corrected chi connectivity index (χ2v) is 11.0. The molecule has 1 heterocycles. The zero-order valence-corrected chi connectivity index (χ0v) is 17.8. The van der Waals surface area contributed by atoms with Gasteiger partial charge in [-0.15, -0.1) is 0 Å². The minimum Gasteiger partial charge on any atom is -0.393 e. The van der Waals surface area contributed by atoms with Crippen molar-refractivity contribution in [1.29, 1.82) is 0 Å². The van der Waals surface area contributed by atoms with Gasteiger partial charge in [0.1, 0.15) is 6.33 Å². The molecule has 0 saturated heterocycles. The molecule has 4 aliphatic rings. The Hall–Kier alpha value is -1.61. The molecule has 4 aliphatic carbocycles. The Kier molecular flexibility index (Phi) is 3.89. The summed E-state index contributed by atoms with van der Waals surface area (Å²) in [5.74, 6) is 3.19. The molecule has 2 aromatic rings. The van der Waals surface area contributed by atoms with Gasteiger partial charge in [0.2, 0.25) is 0 Å². The highest BCUT2D eigenvalue weighted by Gasteiger charge is 2.58. The molecule has 7 atom stereocenters. The first-order valence-corrected chi connectivity index (χ1v) is 11.8. The van der Waals surface area contributed by atoms with Crippen LogP contribution in [0.2, 0.25) is 0 Å². The maximum Gasteiger partial charge on any atom is 0.100 e. The second kappa shape index (κ2) is 6.20. The maximum absolute atomic E-state index is 10.3. The number of allylic oxidation sites excluding steroid dienone is 2. The number of imidazole rings is 1. The molecule has 3 unspecified atom stereocenters. The number of fused-ring (bicyclic) bond motifs is 6. The van der Waals surface area contributed by atoms with Crippen LogP contribution in [0.3, 0.4) is 0 Å². The van der Waals surface area contributed by atoms with Crippen LogP contribution in [0, 0.1) is 34.5 Å². The molecule has 0 spiro atoms. The number of aliphatic hydroxyl groups is 1. The van der Waals surface area contributed by atoms with Crippen molar-refractivity contribution in [2.24, 2.45) is 34.5 Å². The quantitative estimate of drug-likeness (QED) is 0.659. The molecule has 3 fully saturated rings. The molecule has 1 N–H and O–H groups in total. The van der Waals surface area contributed by atoms with Crippen molar-refractivity contribution < 1.29 is 5.11 Å². The average molecular weight is 391 g/mol. The van der Waals surface area contributed by atoms with E-state index >= 15 is 0 Å². The minimum absolute atomic E-state index is 0.0484. The van der Waals surface area contributed by atoms with E-state index in [1.54, 1.807) is 0 Å². The van der Waals surface area contributed by atoms with Crippen molar-refractivity contribution in [3.05, 3.63) is 36.7 Å². The van der Waals surface area contributed by atoms with Gasteiger partial charge in [-0.05, 0) is 92.6 Å². The van der Waals surface area contributed by atoms with Crippen molar-refractivity contribution in [2.45, 2.75) is 71.3 Å². The fourth-order valence-electron chi connectivity index (χ4n) is 8.30. The SMILES string of the molecule is C[C@]12CCC3C(CC[C@@H]4C[C@H](O)CC[C@]34C)C1CC=C2n1cnc2ccccc21. The summed E-state index contributed by atoms with van der Waals surface area (Å²) in [4.78, 5) is 4.68. The lowest BCUT2D eigenvalue weighted by atomic mass is 9.45. The number of nitrogens with zero attached hydrogens (tertiary/aromatic N) is 2. The topological polar surface area (TPSA) is 38.0 Å². The standard InChI is InChI=1S/C26H34N2O/c1-25-13-11-18(29)15-17(25)7-8-19-20-9-10-24(26(20,2)14-12-21(19)25)28-16-27-22-5-3-4-6-23(22)28/h3-6,10,16-21,29H,7-9,11-15H2,1-2H3/t17-,18-,19?,20?,21?,25+,26+/m1/s1. The lowest BCUT2D eigenvalue weighted by molar-refractivity contribution is -0.115. The van der Waals surface area contributed by atoms with E-state index in [0.29, 0.717) is 5.41 Å². The van der Waals surface area contributed by atoms with E-state index in [1.807, 2.05) is 0 Å². The summed E-state index contributed by atoms with van der Waals surface area (Å²) < 4.78 is 2.39. The number of rotatable bonds is 1. The van der Waals surface area contributed by atoms with Crippen LogP contribution in [-0.4, -0.2) is 20.8 Å². The van der Waals surface area contributed by atoms with Crippen LogP contribution in [0.4, 0.5) is 0 Å². The van der Waals surface area contributed by atoms with Crippen LogP contribution < -0.4 is 0 Å². The molecule has 6 rings (SSSR count). The normalized spacial score (nSPS) is 44.1. The Morgan fingerprint density at radius 3 is 2.79 bits per heavy atom. The third-order valence-corrected chi connectivity index (χ3v) is 9.89. The third-order valence-electron chi connectivity index (χ3n) is 9.89. The van der Waals surface area contributed by atoms with Gasteiger partial charge in [0, 0.05) is 11.1 Å². The Morgan fingerprint density at radius 2 is 1.90 bits per heavy atom. The molecule has 154 valence electrons. The van der Waals surface area contributed by atoms with Gasteiger partial charge in [-0.1, -0.05) is 32.1 Å². The summed E-state index contributed by atoms with van der Waals surface area (Å²) in [7, 11) is 0. The smallest absolute Gasteiger partial charge is 0.100 e. The number of para-hydroxylation sites is 2. The minimum atomic E-state index is -0.0484. The molecule has 1 aromatic carbocycles. The summed E-state index contributed by atoms with van der Waals surface area (Å²) in [5, 5.41) is 10.3. The van der Waals surface area contributed by atoms with Crippen LogP contribution in [0.5, 0.6) is 0 Å². The van der Waals surface area contributed by atoms with Crippen molar-refractivity contribution in [3.63, 3.8) is 0 Å². The van der Waals surface area contributed by atoms with E-state index < -0.39 is 0 Å². The van der Waals surface area contributed by atoms with Crippen molar-refractivity contribution in [1.82, 2.24) is 9.55 Å². The molecule has 3 heteroatoms. The fourth-order valence-corrected chi connectivity index (χ4v) is 8.30. The van der Waals surface area contributed by atoms with E-state index in [-0.39, 0.29) is 11.5 Å². The molecule has 0 amide bonds. The number of benzene rings is 1. The van der Waals surface area contributed by atoms with Gasteiger partial charge in [0.15, 0.2) is 0 Å². The van der Waals surface area contributed by atoms with Crippen LogP contribution in [0.1, 0.15) is 65.2 Å². The molecule has 29 heavy (non-hydrogen) atoms. The van der Waals surface area contributed by atoms with Gasteiger partial charge in [-0.2, -0.15) is 0 Å². The highest BCUT2D eigenvalue weighted by Crippen LogP contribution is 2.67. The zero-order valence-electron chi connectivity index (χ0n) is 17.8. The zero-order chi connectivity index (χ0) is 19.8. The van der Waals surface area contributed by atoms with E-state index in [1.165, 1.54) is 49.7 Å². The van der Waals surface area contributed by atoms with E-state index in [2.05, 4.69) is 60.1 Å². The highest BCUT2D eigenvalue weighted by molar-refractivity contribution is 5.80. The van der Waals surface area contributed by atoms with Crippen molar-refractivity contribution >= 4 is 16.7 Å². The Morgan fingerprint density at radius 1 is 1.03 bits per heavy atom. The first kappa shape index (κ1) is 18.2. The number of aromatic nitrogens is 2. The van der Waals surface area contributed by atoms with E-state index in [4.69, 9.17) is 0 Å². The summed E-state index contributed by atoms with van der Waals surface area (Å²) in [6, 6.07) is 8.55. The predicted octanol–water partition coefficient (Wildman–Crippen LogP) is 5.89. The average Bonchev–Trinajstić information content (AvgIpc) is 3.29. The summed E-state index contributed by atoms with van der Waals surface area (Å²) in [6.45, 7) is 5.12. The predicted molar refractivity (Wildman–Crippen MR) is 117 cm³/mol. The van der Waals surface area contributed by atoms with Crippen molar-refractivity contribution in [2.75, 3.05) is 0 Å². The monoisotopic (exact) mass is 390 g/mol. The third kappa shape index (κ3) is 2.43. The van der Waals surface area contributed by atoms with Gasteiger partial charge in [0.05, 0.1) is 17.1 Å². The summed E-state index contributed by atoms with van der Waals surface area (Å²) in [6.07, 6.45) is 14.4. The van der Waals surface area contributed by atoms with Crippen LogP contribution in [0.25, 0.3) is 16.7 Å². The Labute approximate surface area is 174 Å². The lowest BCUT2D eigenvalue weighted by Gasteiger charge is -2.60. The molecule has 3 nitrogen and oxygen atoms in total. The first-order valence-electron chi connectivity index (χ1n) is 11.8. The molecular weight excluding hydrogens is 356 g/mol. The molecule has 0 bridgehead atoms. The van der Waals surface area contributed by atoms with Gasteiger partial charge in [-0.25, -0.2) is 4.98 Å². The molecule has 0 radical (unpaired) electrons. The largest absolute Gasteiger partial charge is 0.393 e. The van der Waals surface area contributed by atoms with Gasteiger partial charge < -0.3 is 9.67 Å². The van der Waals surface area contributed by atoms with E-state index in [0.717, 1.165) is 42.0 Å². The van der Waals surface area contributed by atoms with Crippen LogP contribution >= 0.6 is 0 Å². The summed E-state index contributed by atoms with van der Waals surface area (Å²) >= 11 is 0. The Bertz CT molecular complexity index is 976. The molecule has 0 aliphatic heterocycles. The van der Waals surface area contributed by atoms with Crippen molar-refractivity contribution in [3.8, 4) is 0 Å². The number of hydrogen-bond acceptors (Lipinski definition) is 2. The fraction of sp³-hybridized carbons (Fsp3) is 0.654. The van der Waals surface area contributed by atoms with Gasteiger partial charge >= 0.3 is 0 Å². The van der Waals surface area contributed by atoms with E-state index in [9.17, 15) is 5.11 Å². The van der Waals surface area contributed by atoms with Gasteiger partial charge in [-0.3, -0.25) is 0 Å². The molecule has 3 saturated carbocycles. The van der Waals surface area contributed by atoms with Crippen LogP contribution in [0.15, 0.2) is 36.7 Å². The summed E-state index contributed by atoms with van der Waals surface area (Å²) in [5.41, 5.74) is 4.57. The maximum atomic E-state index is 10.3. The molecular formula is C26H34N2O. The number of hydrogen-bond donors (Lipinski definition) is 1. The van der Waals surface area contributed by atoms with Gasteiger partial charge in [0.25, 0.3) is 0 Å². The lowest BCUT2D eigenvalue weighted by Crippen LogP contribution is -2.53.